The van der Waals surface area contributed by atoms with Crippen LogP contribution in [0.2, 0.25) is 0 Å². The number of nitrogens with zero attached hydrogens (tertiary/aromatic N) is 4. The van der Waals surface area contributed by atoms with Crippen molar-refractivity contribution in [1.82, 2.24) is 13.9 Å². The van der Waals surface area contributed by atoms with Gasteiger partial charge in [0.15, 0.2) is 0 Å². The average molecular weight is 441 g/mol. The quantitative estimate of drug-likeness (QED) is 0.566. The van der Waals surface area contributed by atoms with Crippen LogP contribution in [0.3, 0.4) is 0 Å². The van der Waals surface area contributed by atoms with Crippen molar-refractivity contribution in [2.45, 2.75) is 38.0 Å². The highest BCUT2D eigenvalue weighted by Gasteiger charge is 2.25. The van der Waals surface area contributed by atoms with Crippen LogP contribution in [0.25, 0.3) is 11.0 Å². The smallest absolute Gasteiger partial charge is 0.243 e. The molecule has 31 heavy (non-hydrogen) atoms. The van der Waals surface area contributed by atoms with E-state index in [4.69, 9.17) is 0 Å². The normalized spacial score (nSPS) is 13.9. The molecule has 1 aliphatic heterocycles. The molecule has 0 atom stereocenters. The fourth-order valence-corrected chi connectivity index (χ4v) is 5.76. The van der Waals surface area contributed by atoms with Crippen LogP contribution in [-0.4, -0.2) is 47.8 Å². The van der Waals surface area contributed by atoms with Crippen molar-refractivity contribution < 1.29 is 13.2 Å². The summed E-state index contributed by atoms with van der Waals surface area (Å²) < 4.78 is 29.0. The molecule has 0 spiro atoms. The van der Waals surface area contributed by atoms with Crippen molar-refractivity contribution in [3.05, 3.63) is 53.9 Å². The van der Waals surface area contributed by atoms with Gasteiger partial charge in [-0.25, -0.2) is 13.4 Å². The van der Waals surface area contributed by atoms with Gasteiger partial charge in [-0.2, -0.15) is 4.31 Å². The summed E-state index contributed by atoms with van der Waals surface area (Å²) in [5.41, 5.74) is 3.70. The summed E-state index contributed by atoms with van der Waals surface area (Å²) >= 11 is 0. The van der Waals surface area contributed by atoms with Crippen LogP contribution < -0.4 is 4.90 Å². The molecule has 0 N–H and O–H groups in total. The molecule has 8 heteroatoms. The lowest BCUT2D eigenvalue weighted by molar-refractivity contribution is -0.118. The number of aromatic nitrogens is 2. The Morgan fingerprint density at radius 1 is 1.13 bits per heavy atom. The molecule has 1 amide bonds. The third kappa shape index (κ3) is 3.85. The summed E-state index contributed by atoms with van der Waals surface area (Å²) in [5, 5.41) is 0. The highest BCUT2D eigenvalue weighted by Crippen LogP contribution is 2.28. The lowest BCUT2D eigenvalue weighted by atomic mass is 10.2. The van der Waals surface area contributed by atoms with E-state index in [1.165, 1.54) is 9.87 Å². The molecule has 7 nitrogen and oxygen atoms in total. The van der Waals surface area contributed by atoms with Gasteiger partial charge in [0, 0.05) is 45.2 Å². The van der Waals surface area contributed by atoms with Crippen molar-refractivity contribution >= 4 is 32.7 Å². The zero-order valence-corrected chi connectivity index (χ0v) is 19.0. The van der Waals surface area contributed by atoms with Gasteiger partial charge in [0.05, 0.1) is 15.9 Å². The second kappa shape index (κ2) is 8.43. The van der Waals surface area contributed by atoms with Gasteiger partial charge in [-0.3, -0.25) is 4.79 Å². The Morgan fingerprint density at radius 2 is 1.87 bits per heavy atom. The molecule has 1 aromatic heterocycles. The maximum absolute atomic E-state index is 12.8. The molecule has 3 aromatic rings. The molecule has 2 aromatic carbocycles. The molecule has 0 saturated carbocycles. The largest absolute Gasteiger partial charge is 0.331 e. The number of hydrogen-bond acceptors (Lipinski definition) is 4. The number of carbonyl (C=O) groups excluding carboxylic acids is 1. The van der Waals surface area contributed by atoms with E-state index in [0.29, 0.717) is 38.0 Å². The molecule has 164 valence electrons. The Kier molecular flexibility index (Phi) is 5.85. The van der Waals surface area contributed by atoms with Crippen molar-refractivity contribution in [2.24, 2.45) is 7.05 Å². The zero-order valence-electron chi connectivity index (χ0n) is 18.2. The van der Waals surface area contributed by atoms with E-state index in [-0.39, 0.29) is 10.8 Å². The molecule has 0 radical (unpaired) electrons. The first-order chi connectivity index (χ1) is 14.9. The summed E-state index contributed by atoms with van der Waals surface area (Å²) in [4.78, 5) is 19.6. The Bertz CT molecular complexity index is 1230. The standard InChI is InChI=1S/C23H28N4O3S/c1-4-26(5-2)31(29,30)18-10-11-21-19(16-18)24-22(25(21)3)12-13-23(28)27-15-14-17-8-6-7-9-20(17)27/h6-11,16H,4-5,12-15H2,1-3H3. The Hall–Kier alpha value is -2.71. The van der Waals surface area contributed by atoms with Crippen molar-refractivity contribution in [1.29, 1.82) is 0 Å². The second-order valence-corrected chi connectivity index (χ2v) is 9.69. The Morgan fingerprint density at radius 3 is 2.61 bits per heavy atom. The molecule has 0 saturated heterocycles. The number of imidazole rings is 1. The predicted octanol–water partition coefficient (Wildman–Crippen LogP) is 3.13. The van der Waals surface area contributed by atoms with Crippen LogP contribution in [0.15, 0.2) is 47.4 Å². The first kappa shape index (κ1) is 21.5. The lowest BCUT2D eigenvalue weighted by Crippen LogP contribution is -2.30. The topological polar surface area (TPSA) is 75.5 Å². The SMILES string of the molecule is CCN(CC)S(=O)(=O)c1ccc2c(c1)nc(CCC(=O)N1CCc3ccccc31)n2C. The van der Waals surface area contributed by atoms with Crippen molar-refractivity contribution in [3.63, 3.8) is 0 Å². The van der Waals surface area contributed by atoms with Gasteiger partial charge >= 0.3 is 0 Å². The third-order valence-electron chi connectivity index (χ3n) is 6.04. The van der Waals surface area contributed by atoms with E-state index in [0.717, 1.165) is 23.4 Å². The van der Waals surface area contributed by atoms with E-state index >= 15 is 0 Å². The first-order valence-corrected chi connectivity index (χ1v) is 12.1. The molecule has 4 rings (SSSR count). The van der Waals surface area contributed by atoms with Gasteiger partial charge in [-0.05, 0) is 36.2 Å². The number of para-hydroxylation sites is 1. The molecular weight excluding hydrogens is 412 g/mol. The predicted molar refractivity (Wildman–Crippen MR) is 122 cm³/mol. The second-order valence-electron chi connectivity index (χ2n) is 7.75. The summed E-state index contributed by atoms with van der Waals surface area (Å²) in [7, 11) is -1.64. The maximum Gasteiger partial charge on any atom is 0.243 e. The summed E-state index contributed by atoms with van der Waals surface area (Å²) in [6.45, 7) is 5.22. The van der Waals surface area contributed by atoms with Crippen LogP contribution >= 0.6 is 0 Å². The minimum Gasteiger partial charge on any atom is -0.331 e. The fraction of sp³-hybridized carbons (Fsp3) is 0.391. The number of hydrogen-bond donors (Lipinski definition) is 0. The monoisotopic (exact) mass is 440 g/mol. The average Bonchev–Trinajstić information content (AvgIpc) is 3.33. The van der Waals surface area contributed by atoms with E-state index in [2.05, 4.69) is 11.1 Å². The number of fused-ring (bicyclic) bond motifs is 2. The Labute approximate surface area is 183 Å². The van der Waals surface area contributed by atoms with E-state index in [1.54, 1.807) is 18.2 Å². The number of sulfonamides is 1. The molecule has 0 unspecified atom stereocenters. The molecule has 0 bridgehead atoms. The first-order valence-electron chi connectivity index (χ1n) is 10.7. The highest BCUT2D eigenvalue weighted by atomic mass is 32.2. The van der Waals surface area contributed by atoms with Crippen molar-refractivity contribution in [3.8, 4) is 0 Å². The molecule has 2 heterocycles. The van der Waals surface area contributed by atoms with Gasteiger partial charge in [-0.1, -0.05) is 32.0 Å². The van der Waals surface area contributed by atoms with Crippen LogP contribution in [0.1, 0.15) is 31.7 Å². The zero-order chi connectivity index (χ0) is 22.2. The minimum atomic E-state index is -3.54. The van der Waals surface area contributed by atoms with E-state index in [9.17, 15) is 13.2 Å². The van der Waals surface area contributed by atoms with E-state index < -0.39 is 10.0 Å². The number of anilines is 1. The third-order valence-corrected chi connectivity index (χ3v) is 8.08. The summed E-state index contributed by atoms with van der Waals surface area (Å²) in [6.07, 6.45) is 1.74. The van der Waals surface area contributed by atoms with E-state index in [1.807, 2.05) is 48.6 Å². The highest BCUT2D eigenvalue weighted by molar-refractivity contribution is 7.89. The van der Waals surface area contributed by atoms with Gasteiger partial charge in [0.1, 0.15) is 5.82 Å². The number of carbonyl (C=O) groups is 1. The molecule has 1 aliphatic rings. The molecule has 0 fully saturated rings. The maximum atomic E-state index is 12.8. The van der Waals surface area contributed by atoms with Crippen LogP contribution in [0.4, 0.5) is 5.69 Å². The summed E-state index contributed by atoms with van der Waals surface area (Å²) in [5.74, 6) is 0.857. The number of rotatable bonds is 7. The Balaban J connectivity index is 1.54. The van der Waals surface area contributed by atoms with Gasteiger partial charge in [0.25, 0.3) is 0 Å². The number of benzene rings is 2. The van der Waals surface area contributed by atoms with Crippen molar-refractivity contribution in [2.75, 3.05) is 24.5 Å². The van der Waals surface area contributed by atoms with Crippen LogP contribution in [-0.2, 0) is 34.7 Å². The summed E-state index contributed by atoms with van der Waals surface area (Å²) in [6, 6.07) is 13.1. The number of aryl methyl sites for hydroxylation is 2. The van der Waals surface area contributed by atoms with Gasteiger partial charge < -0.3 is 9.47 Å². The molecule has 0 aliphatic carbocycles. The number of amides is 1. The van der Waals surface area contributed by atoms with Crippen LogP contribution in [0.5, 0.6) is 0 Å². The van der Waals surface area contributed by atoms with Gasteiger partial charge in [0.2, 0.25) is 15.9 Å². The molecular formula is C23H28N4O3S. The van der Waals surface area contributed by atoms with Gasteiger partial charge in [-0.15, -0.1) is 0 Å². The fourth-order valence-electron chi connectivity index (χ4n) is 4.28. The minimum absolute atomic E-state index is 0.0850. The van der Waals surface area contributed by atoms with Crippen LogP contribution in [0, 0.1) is 0 Å². The lowest BCUT2D eigenvalue weighted by Gasteiger charge is -2.18.